The second-order valence-corrected chi connectivity index (χ2v) is 7.93. The van der Waals surface area contributed by atoms with Crippen LogP contribution in [0.2, 0.25) is 0 Å². The lowest BCUT2D eigenvalue weighted by Gasteiger charge is -2.38. The Bertz CT molecular complexity index is 226. The largest absolute Gasteiger partial charge is 0.317 e. The monoisotopic (exact) mass is 253 g/mol. The minimum atomic E-state index is 0.501. The van der Waals surface area contributed by atoms with Crippen LogP contribution in [0.3, 0.4) is 0 Å². The minimum Gasteiger partial charge on any atom is -0.317 e. The fraction of sp³-hybridized carbons (Fsp3) is 1.00. The fourth-order valence-corrected chi connectivity index (χ4v) is 3.50. The van der Waals surface area contributed by atoms with E-state index in [9.17, 15) is 0 Å². The Hall–Kier alpha value is -0.0400. The van der Waals surface area contributed by atoms with Gasteiger partial charge < -0.3 is 5.32 Å². The van der Waals surface area contributed by atoms with Crippen LogP contribution in [-0.2, 0) is 0 Å². The van der Waals surface area contributed by atoms with Crippen molar-refractivity contribution < 1.29 is 0 Å². The van der Waals surface area contributed by atoms with Crippen molar-refractivity contribution in [2.45, 2.75) is 79.2 Å². The third-order valence-electron chi connectivity index (χ3n) is 4.84. The van der Waals surface area contributed by atoms with Crippen LogP contribution in [0, 0.1) is 23.2 Å². The molecule has 18 heavy (non-hydrogen) atoms. The summed E-state index contributed by atoms with van der Waals surface area (Å²) in [6, 6.07) is 0.778. The molecule has 0 bridgehead atoms. The van der Waals surface area contributed by atoms with Gasteiger partial charge in [0.05, 0.1) is 0 Å². The summed E-state index contributed by atoms with van der Waals surface area (Å²) >= 11 is 0. The summed E-state index contributed by atoms with van der Waals surface area (Å²) in [5.41, 5.74) is 0.501. The number of hydrogen-bond acceptors (Lipinski definition) is 1. The summed E-state index contributed by atoms with van der Waals surface area (Å²) < 4.78 is 0. The molecule has 0 amide bonds. The Balaban J connectivity index is 2.43. The highest BCUT2D eigenvalue weighted by Gasteiger charge is 2.30. The summed E-state index contributed by atoms with van der Waals surface area (Å²) in [6.07, 6.45) is 8.46. The zero-order chi connectivity index (χ0) is 13.8. The summed E-state index contributed by atoms with van der Waals surface area (Å²) in [6.45, 7) is 11.9. The summed E-state index contributed by atoms with van der Waals surface area (Å²) in [5, 5.41) is 3.56. The Morgan fingerprint density at radius 1 is 1.17 bits per heavy atom. The van der Waals surface area contributed by atoms with Crippen molar-refractivity contribution in [1.82, 2.24) is 5.32 Å². The average Bonchev–Trinajstić information content (AvgIpc) is 2.27. The summed E-state index contributed by atoms with van der Waals surface area (Å²) in [4.78, 5) is 0. The standard InChI is InChI=1S/C17H35N/c1-13(2)14-9-10-16(18-6)15(12-14)8-7-11-17(3,4)5/h13-16,18H,7-12H2,1-6H3. The molecule has 0 radical (unpaired) electrons. The van der Waals surface area contributed by atoms with E-state index in [1.54, 1.807) is 0 Å². The molecule has 0 heterocycles. The number of hydrogen-bond donors (Lipinski definition) is 1. The predicted molar refractivity (Wildman–Crippen MR) is 81.8 cm³/mol. The van der Waals surface area contributed by atoms with Crippen LogP contribution in [0.4, 0.5) is 0 Å². The normalized spacial score (nSPS) is 29.8. The highest BCUT2D eigenvalue weighted by atomic mass is 14.9. The predicted octanol–water partition coefficient (Wildman–Crippen LogP) is 4.86. The second-order valence-electron chi connectivity index (χ2n) is 7.93. The van der Waals surface area contributed by atoms with E-state index in [0.29, 0.717) is 5.41 Å². The van der Waals surface area contributed by atoms with Crippen LogP contribution >= 0.6 is 0 Å². The zero-order valence-electron chi connectivity index (χ0n) is 13.6. The van der Waals surface area contributed by atoms with Crippen molar-refractivity contribution in [3.8, 4) is 0 Å². The lowest BCUT2D eigenvalue weighted by atomic mass is 9.71. The Labute approximate surface area is 115 Å². The summed E-state index contributed by atoms with van der Waals surface area (Å²) in [7, 11) is 2.15. The van der Waals surface area contributed by atoms with Gasteiger partial charge in [-0.15, -0.1) is 0 Å². The third kappa shape index (κ3) is 5.30. The molecule has 3 unspecified atom stereocenters. The van der Waals surface area contributed by atoms with Gasteiger partial charge in [0.1, 0.15) is 0 Å². The highest BCUT2D eigenvalue weighted by Crippen LogP contribution is 2.37. The first-order valence-electron chi connectivity index (χ1n) is 8.00. The van der Waals surface area contributed by atoms with Crippen LogP contribution in [0.1, 0.15) is 73.1 Å². The molecule has 1 fully saturated rings. The molecular weight excluding hydrogens is 218 g/mol. The van der Waals surface area contributed by atoms with Gasteiger partial charge in [0.25, 0.3) is 0 Å². The van der Waals surface area contributed by atoms with E-state index in [1.165, 1.54) is 38.5 Å². The van der Waals surface area contributed by atoms with Gasteiger partial charge in [0.15, 0.2) is 0 Å². The first-order valence-corrected chi connectivity index (χ1v) is 8.00. The number of rotatable bonds is 5. The Morgan fingerprint density at radius 2 is 1.83 bits per heavy atom. The molecule has 0 aromatic heterocycles. The van der Waals surface area contributed by atoms with Crippen molar-refractivity contribution in [2.24, 2.45) is 23.2 Å². The second kappa shape index (κ2) is 6.93. The van der Waals surface area contributed by atoms with Crippen LogP contribution < -0.4 is 5.32 Å². The highest BCUT2D eigenvalue weighted by molar-refractivity contribution is 4.85. The van der Waals surface area contributed by atoms with Gasteiger partial charge in [-0.2, -0.15) is 0 Å². The van der Waals surface area contributed by atoms with Gasteiger partial charge in [0, 0.05) is 6.04 Å². The Morgan fingerprint density at radius 3 is 2.33 bits per heavy atom. The van der Waals surface area contributed by atoms with Crippen molar-refractivity contribution in [3.05, 3.63) is 0 Å². The van der Waals surface area contributed by atoms with Gasteiger partial charge in [-0.3, -0.25) is 0 Å². The molecule has 0 aromatic carbocycles. The van der Waals surface area contributed by atoms with Crippen molar-refractivity contribution in [3.63, 3.8) is 0 Å². The zero-order valence-corrected chi connectivity index (χ0v) is 13.6. The smallest absolute Gasteiger partial charge is 0.00925 e. The molecule has 3 atom stereocenters. The molecule has 0 spiro atoms. The van der Waals surface area contributed by atoms with Crippen LogP contribution in [0.5, 0.6) is 0 Å². The van der Waals surface area contributed by atoms with Gasteiger partial charge in [-0.1, -0.05) is 41.0 Å². The molecule has 1 heteroatoms. The molecule has 1 nitrogen and oxygen atoms in total. The molecule has 1 aliphatic rings. The molecular formula is C17H35N. The maximum Gasteiger partial charge on any atom is 0.00925 e. The van der Waals surface area contributed by atoms with Crippen LogP contribution in [-0.4, -0.2) is 13.1 Å². The minimum absolute atomic E-state index is 0.501. The first-order chi connectivity index (χ1) is 8.33. The van der Waals surface area contributed by atoms with E-state index in [2.05, 4.69) is 47.0 Å². The van der Waals surface area contributed by atoms with E-state index in [0.717, 1.165) is 23.8 Å². The maximum atomic E-state index is 3.56. The fourth-order valence-electron chi connectivity index (χ4n) is 3.50. The maximum absolute atomic E-state index is 3.56. The van der Waals surface area contributed by atoms with E-state index in [4.69, 9.17) is 0 Å². The SMILES string of the molecule is CNC1CCC(C(C)C)CC1CCCC(C)(C)C. The molecule has 1 aliphatic carbocycles. The quantitative estimate of drug-likeness (QED) is 0.737. The van der Waals surface area contributed by atoms with Gasteiger partial charge >= 0.3 is 0 Å². The summed E-state index contributed by atoms with van der Waals surface area (Å²) in [5.74, 6) is 2.75. The molecule has 108 valence electrons. The molecule has 0 aromatic rings. The number of nitrogens with one attached hydrogen (secondary N) is 1. The Kier molecular flexibility index (Phi) is 6.17. The van der Waals surface area contributed by atoms with Crippen molar-refractivity contribution >= 4 is 0 Å². The molecule has 1 saturated carbocycles. The van der Waals surface area contributed by atoms with E-state index in [-0.39, 0.29) is 0 Å². The van der Waals surface area contributed by atoms with Crippen molar-refractivity contribution in [1.29, 1.82) is 0 Å². The molecule has 0 aliphatic heterocycles. The molecule has 0 saturated heterocycles. The molecule has 1 N–H and O–H groups in total. The average molecular weight is 253 g/mol. The van der Waals surface area contributed by atoms with E-state index < -0.39 is 0 Å². The lowest BCUT2D eigenvalue weighted by Crippen LogP contribution is -2.39. The van der Waals surface area contributed by atoms with Gasteiger partial charge in [-0.05, 0) is 62.3 Å². The lowest BCUT2D eigenvalue weighted by molar-refractivity contribution is 0.159. The van der Waals surface area contributed by atoms with E-state index >= 15 is 0 Å². The van der Waals surface area contributed by atoms with Crippen molar-refractivity contribution in [2.75, 3.05) is 7.05 Å². The van der Waals surface area contributed by atoms with Crippen LogP contribution in [0.15, 0.2) is 0 Å². The van der Waals surface area contributed by atoms with Crippen LogP contribution in [0.25, 0.3) is 0 Å². The van der Waals surface area contributed by atoms with Gasteiger partial charge in [0.2, 0.25) is 0 Å². The van der Waals surface area contributed by atoms with E-state index in [1.807, 2.05) is 0 Å². The third-order valence-corrected chi connectivity index (χ3v) is 4.84. The topological polar surface area (TPSA) is 12.0 Å². The van der Waals surface area contributed by atoms with Gasteiger partial charge in [-0.25, -0.2) is 0 Å². The molecule has 1 rings (SSSR count). The first kappa shape index (κ1) is 16.0.